The Hall–Kier alpha value is -1.65. The zero-order valence-corrected chi connectivity index (χ0v) is 12.5. The quantitative estimate of drug-likeness (QED) is 0.887. The summed E-state index contributed by atoms with van der Waals surface area (Å²) in [5.74, 6) is 0.846. The molecule has 0 bridgehead atoms. The van der Waals surface area contributed by atoms with E-state index < -0.39 is 0 Å². The summed E-state index contributed by atoms with van der Waals surface area (Å²) in [5.41, 5.74) is 3.85. The lowest BCUT2D eigenvalue weighted by Crippen LogP contribution is -2.29. The molecule has 112 valence electrons. The van der Waals surface area contributed by atoms with Crippen molar-refractivity contribution in [3.63, 3.8) is 0 Å². The maximum Gasteiger partial charge on any atom is 0.133 e. The molecule has 1 aliphatic rings. The number of aliphatic hydroxyl groups excluding tert-OH is 1. The summed E-state index contributed by atoms with van der Waals surface area (Å²) in [5, 5.41) is 13.3. The molecule has 4 nitrogen and oxygen atoms in total. The second-order valence-electron chi connectivity index (χ2n) is 5.73. The van der Waals surface area contributed by atoms with Gasteiger partial charge in [0, 0.05) is 31.8 Å². The summed E-state index contributed by atoms with van der Waals surface area (Å²) in [7, 11) is 0. The fourth-order valence-electron chi connectivity index (χ4n) is 3.23. The average Bonchev–Trinajstić information content (AvgIpc) is 3.09. The van der Waals surface area contributed by atoms with Crippen molar-refractivity contribution in [1.29, 1.82) is 0 Å². The highest BCUT2D eigenvalue weighted by Gasteiger charge is 2.27. The molecule has 0 fully saturated rings. The van der Waals surface area contributed by atoms with Crippen molar-refractivity contribution < 1.29 is 9.63 Å². The van der Waals surface area contributed by atoms with Crippen LogP contribution in [0.3, 0.4) is 0 Å². The van der Waals surface area contributed by atoms with Gasteiger partial charge in [0.1, 0.15) is 5.76 Å². The SMILES string of the molecule is Cc1cc(CN(CCCO)C2CCc3ccccc32)no1. The molecular formula is C17H22N2O2. The van der Waals surface area contributed by atoms with Gasteiger partial charge >= 0.3 is 0 Å². The molecule has 1 heterocycles. The highest BCUT2D eigenvalue weighted by Crippen LogP contribution is 2.36. The van der Waals surface area contributed by atoms with Crippen molar-refractivity contribution in [2.75, 3.05) is 13.2 Å². The Kier molecular flexibility index (Phi) is 4.36. The average molecular weight is 286 g/mol. The molecule has 1 unspecified atom stereocenters. The largest absolute Gasteiger partial charge is 0.396 e. The number of aromatic nitrogens is 1. The number of aryl methyl sites for hydroxylation is 2. The molecule has 1 aromatic heterocycles. The van der Waals surface area contributed by atoms with Crippen LogP contribution in [0, 0.1) is 6.92 Å². The van der Waals surface area contributed by atoms with Crippen molar-refractivity contribution >= 4 is 0 Å². The van der Waals surface area contributed by atoms with Crippen molar-refractivity contribution in [3.05, 3.63) is 52.9 Å². The van der Waals surface area contributed by atoms with E-state index in [1.165, 1.54) is 11.1 Å². The van der Waals surface area contributed by atoms with Crippen molar-refractivity contribution in [1.82, 2.24) is 10.1 Å². The number of nitrogens with zero attached hydrogens (tertiary/aromatic N) is 2. The van der Waals surface area contributed by atoms with Gasteiger partial charge in [-0.05, 0) is 37.3 Å². The van der Waals surface area contributed by atoms with E-state index in [2.05, 4.69) is 34.3 Å². The van der Waals surface area contributed by atoms with Gasteiger partial charge in [0.15, 0.2) is 0 Å². The van der Waals surface area contributed by atoms with Gasteiger partial charge in [0.2, 0.25) is 0 Å². The molecule has 0 saturated carbocycles. The Morgan fingerprint density at radius 3 is 3.00 bits per heavy atom. The highest BCUT2D eigenvalue weighted by molar-refractivity contribution is 5.34. The highest BCUT2D eigenvalue weighted by atomic mass is 16.5. The number of benzene rings is 1. The molecule has 1 N–H and O–H groups in total. The molecule has 0 aliphatic heterocycles. The summed E-state index contributed by atoms with van der Waals surface area (Å²) in [6.45, 7) is 3.79. The van der Waals surface area contributed by atoms with Crippen LogP contribution in [0.4, 0.5) is 0 Å². The minimum Gasteiger partial charge on any atom is -0.396 e. The Morgan fingerprint density at radius 1 is 1.38 bits per heavy atom. The minimum atomic E-state index is 0.225. The van der Waals surface area contributed by atoms with Gasteiger partial charge in [0.25, 0.3) is 0 Å². The molecule has 0 spiro atoms. The lowest BCUT2D eigenvalue weighted by atomic mass is 10.1. The first kappa shape index (κ1) is 14.3. The van der Waals surface area contributed by atoms with Gasteiger partial charge in [-0.1, -0.05) is 29.4 Å². The predicted octanol–water partition coefficient (Wildman–Crippen LogP) is 2.85. The van der Waals surface area contributed by atoms with Crippen molar-refractivity contribution in [3.8, 4) is 0 Å². The van der Waals surface area contributed by atoms with Crippen LogP contribution in [0.1, 0.15) is 41.5 Å². The Bertz CT molecular complexity index is 594. The van der Waals surface area contributed by atoms with Gasteiger partial charge in [-0.3, -0.25) is 4.90 Å². The zero-order valence-electron chi connectivity index (χ0n) is 12.5. The van der Waals surface area contributed by atoms with E-state index in [1.54, 1.807) is 0 Å². The van der Waals surface area contributed by atoms with Crippen LogP contribution in [0.5, 0.6) is 0 Å². The molecule has 0 radical (unpaired) electrons. The Labute approximate surface area is 125 Å². The van der Waals surface area contributed by atoms with Gasteiger partial charge in [0.05, 0.1) is 5.69 Å². The van der Waals surface area contributed by atoms with E-state index in [0.29, 0.717) is 6.04 Å². The molecule has 2 aromatic rings. The molecular weight excluding hydrogens is 264 g/mol. The summed E-state index contributed by atoms with van der Waals surface area (Å²) < 4.78 is 5.18. The van der Waals surface area contributed by atoms with Crippen LogP contribution in [-0.4, -0.2) is 28.3 Å². The predicted molar refractivity (Wildman–Crippen MR) is 80.9 cm³/mol. The fourth-order valence-corrected chi connectivity index (χ4v) is 3.23. The number of aliphatic hydroxyl groups is 1. The van der Waals surface area contributed by atoms with E-state index in [4.69, 9.17) is 9.63 Å². The van der Waals surface area contributed by atoms with Crippen LogP contribution < -0.4 is 0 Å². The van der Waals surface area contributed by atoms with Gasteiger partial charge in [-0.2, -0.15) is 0 Å². The first-order valence-corrected chi connectivity index (χ1v) is 7.63. The molecule has 1 aliphatic carbocycles. The van der Waals surface area contributed by atoms with Crippen LogP contribution in [0.25, 0.3) is 0 Å². The second kappa shape index (κ2) is 6.41. The van der Waals surface area contributed by atoms with Crippen LogP contribution in [0.15, 0.2) is 34.9 Å². The molecule has 1 aromatic carbocycles. The third-order valence-electron chi connectivity index (χ3n) is 4.19. The van der Waals surface area contributed by atoms with Crippen molar-refractivity contribution in [2.45, 2.75) is 38.8 Å². The number of hydrogen-bond acceptors (Lipinski definition) is 4. The molecule has 0 amide bonds. The van der Waals surface area contributed by atoms with E-state index in [-0.39, 0.29) is 6.61 Å². The number of fused-ring (bicyclic) bond motifs is 1. The monoisotopic (exact) mass is 286 g/mol. The molecule has 0 saturated heterocycles. The Balaban J connectivity index is 1.79. The lowest BCUT2D eigenvalue weighted by molar-refractivity contribution is 0.162. The summed E-state index contributed by atoms with van der Waals surface area (Å²) >= 11 is 0. The number of rotatable bonds is 6. The van der Waals surface area contributed by atoms with E-state index in [0.717, 1.165) is 43.8 Å². The lowest BCUT2D eigenvalue weighted by Gasteiger charge is -2.28. The van der Waals surface area contributed by atoms with Gasteiger partial charge < -0.3 is 9.63 Å². The first-order valence-electron chi connectivity index (χ1n) is 7.63. The maximum absolute atomic E-state index is 9.16. The molecule has 4 heteroatoms. The Morgan fingerprint density at radius 2 is 2.24 bits per heavy atom. The third kappa shape index (κ3) is 3.17. The summed E-state index contributed by atoms with van der Waals surface area (Å²) in [6.07, 6.45) is 3.06. The second-order valence-corrected chi connectivity index (χ2v) is 5.73. The standard InChI is InChI=1S/C17H22N2O2/c1-13-11-15(18-21-13)12-19(9-4-10-20)17-8-7-14-5-2-3-6-16(14)17/h2-3,5-6,11,17,20H,4,7-10,12H2,1H3. The van der Waals surface area contributed by atoms with Crippen LogP contribution in [0.2, 0.25) is 0 Å². The van der Waals surface area contributed by atoms with Crippen LogP contribution >= 0.6 is 0 Å². The fraction of sp³-hybridized carbons (Fsp3) is 0.471. The van der Waals surface area contributed by atoms with Gasteiger partial charge in [-0.15, -0.1) is 0 Å². The number of hydrogen-bond donors (Lipinski definition) is 1. The van der Waals surface area contributed by atoms with Crippen LogP contribution in [-0.2, 0) is 13.0 Å². The van der Waals surface area contributed by atoms with E-state index >= 15 is 0 Å². The third-order valence-corrected chi connectivity index (χ3v) is 4.19. The summed E-state index contributed by atoms with van der Waals surface area (Å²) in [6, 6.07) is 11.1. The van der Waals surface area contributed by atoms with Gasteiger partial charge in [-0.25, -0.2) is 0 Å². The molecule has 21 heavy (non-hydrogen) atoms. The minimum absolute atomic E-state index is 0.225. The van der Waals surface area contributed by atoms with E-state index in [1.807, 2.05) is 13.0 Å². The zero-order chi connectivity index (χ0) is 14.7. The molecule has 1 atom stereocenters. The van der Waals surface area contributed by atoms with Crippen molar-refractivity contribution in [2.24, 2.45) is 0 Å². The maximum atomic E-state index is 9.16. The summed E-state index contributed by atoms with van der Waals surface area (Å²) in [4.78, 5) is 2.42. The first-order chi connectivity index (χ1) is 10.3. The van der Waals surface area contributed by atoms with E-state index in [9.17, 15) is 0 Å². The normalized spacial score (nSPS) is 17.4. The smallest absolute Gasteiger partial charge is 0.133 e. The molecule has 3 rings (SSSR count). The topological polar surface area (TPSA) is 49.5 Å².